The minimum Gasteiger partial charge on any atom is -0.439 e. The van der Waals surface area contributed by atoms with Gasteiger partial charge in [0, 0.05) is 19.1 Å². The number of allylic oxidation sites excluding steroid dienone is 1. The van der Waals surface area contributed by atoms with Crippen LogP contribution in [0.3, 0.4) is 0 Å². The maximum Gasteiger partial charge on any atom is 0.227 e. The van der Waals surface area contributed by atoms with Crippen LogP contribution in [0.4, 0.5) is 0 Å². The highest BCUT2D eigenvalue weighted by atomic mass is 16.5. The molecule has 5 nitrogen and oxygen atoms in total. The number of aliphatic hydroxyl groups excluding tert-OH is 1. The van der Waals surface area contributed by atoms with E-state index in [1.165, 1.54) is 0 Å². The predicted molar refractivity (Wildman–Crippen MR) is 126 cm³/mol. The summed E-state index contributed by atoms with van der Waals surface area (Å²) in [5.74, 6) is 1.48. The first-order chi connectivity index (χ1) is 15.0. The molecule has 5 heteroatoms. The molecule has 1 N–H and O–H groups in total. The van der Waals surface area contributed by atoms with E-state index < -0.39 is 6.10 Å². The zero-order valence-corrected chi connectivity index (χ0v) is 18.7. The lowest BCUT2D eigenvalue weighted by Gasteiger charge is -2.29. The Balaban J connectivity index is 1.96. The minimum atomic E-state index is -0.400. The molecule has 0 bridgehead atoms. The van der Waals surface area contributed by atoms with Gasteiger partial charge in [-0.15, -0.1) is 6.58 Å². The SMILES string of the molecule is C=CCCC(O)CN(Cc1c(C)nn(-c2ccccc2)c1Oc1ccccc1)C(C)C. The standard InChI is InChI=1S/C26H33N3O2/c1-5-6-15-23(30)18-28(20(2)3)19-25-21(4)27-29(22-13-9-7-10-14-22)26(25)31-24-16-11-8-12-17-24/h5,7-14,16-17,20,23,30H,1,6,15,18-19H2,2-4H3. The number of ether oxygens (including phenoxy) is 1. The molecular formula is C26H33N3O2. The van der Waals surface area contributed by atoms with Gasteiger partial charge in [0.25, 0.3) is 0 Å². The van der Waals surface area contributed by atoms with Crippen LogP contribution in [0.15, 0.2) is 73.3 Å². The first-order valence-electron chi connectivity index (χ1n) is 10.9. The van der Waals surface area contributed by atoms with Crippen LogP contribution in [0, 0.1) is 6.92 Å². The van der Waals surface area contributed by atoms with Gasteiger partial charge in [-0.3, -0.25) is 4.90 Å². The van der Waals surface area contributed by atoms with Gasteiger partial charge in [-0.2, -0.15) is 5.10 Å². The molecule has 0 fully saturated rings. The highest BCUT2D eigenvalue weighted by Gasteiger charge is 2.23. The number of rotatable bonds is 11. The maximum atomic E-state index is 10.5. The normalized spacial score (nSPS) is 12.3. The van der Waals surface area contributed by atoms with Crippen molar-refractivity contribution in [2.75, 3.05) is 6.54 Å². The van der Waals surface area contributed by atoms with Crippen molar-refractivity contribution in [1.29, 1.82) is 0 Å². The van der Waals surface area contributed by atoms with Gasteiger partial charge >= 0.3 is 0 Å². The Morgan fingerprint density at radius 3 is 2.35 bits per heavy atom. The molecule has 0 spiro atoms. The molecule has 31 heavy (non-hydrogen) atoms. The van der Waals surface area contributed by atoms with Crippen LogP contribution in [0.2, 0.25) is 0 Å². The summed E-state index contributed by atoms with van der Waals surface area (Å²) in [6.07, 6.45) is 2.97. The summed E-state index contributed by atoms with van der Waals surface area (Å²) in [5, 5.41) is 15.3. The van der Waals surface area contributed by atoms with Gasteiger partial charge in [-0.25, -0.2) is 4.68 Å². The number of aryl methyl sites for hydroxylation is 1. The van der Waals surface area contributed by atoms with Crippen LogP contribution in [-0.2, 0) is 6.54 Å². The van der Waals surface area contributed by atoms with E-state index in [1.807, 2.05) is 78.3 Å². The fourth-order valence-electron chi connectivity index (χ4n) is 3.50. The summed E-state index contributed by atoms with van der Waals surface area (Å²) in [6.45, 7) is 11.3. The van der Waals surface area contributed by atoms with Crippen LogP contribution >= 0.6 is 0 Å². The number of hydrogen-bond donors (Lipinski definition) is 1. The van der Waals surface area contributed by atoms with Gasteiger partial charge in [0.05, 0.1) is 23.0 Å². The van der Waals surface area contributed by atoms with Gasteiger partial charge < -0.3 is 9.84 Å². The zero-order valence-electron chi connectivity index (χ0n) is 18.7. The second kappa shape index (κ2) is 10.9. The molecule has 0 radical (unpaired) electrons. The lowest BCUT2D eigenvalue weighted by molar-refractivity contribution is 0.0849. The van der Waals surface area contributed by atoms with E-state index >= 15 is 0 Å². The monoisotopic (exact) mass is 419 g/mol. The Morgan fingerprint density at radius 2 is 1.74 bits per heavy atom. The summed E-state index contributed by atoms with van der Waals surface area (Å²) >= 11 is 0. The molecule has 0 aliphatic heterocycles. The smallest absolute Gasteiger partial charge is 0.227 e. The third-order valence-corrected chi connectivity index (χ3v) is 5.34. The lowest BCUT2D eigenvalue weighted by Crippen LogP contribution is -2.37. The van der Waals surface area contributed by atoms with E-state index in [1.54, 1.807) is 0 Å². The van der Waals surface area contributed by atoms with Crippen LogP contribution in [0.1, 0.15) is 37.9 Å². The molecule has 0 amide bonds. The van der Waals surface area contributed by atoms with Gasteiger partial charge in [-0.1, -0.05) is 42.5 Å². The quantitative estimate of drug-likeness (QED) is 0.416. The Morgan fingerprint density at radius 1 is 1.10 bits per heavy atom. The fraction of sp³-hybridized carbons (Fsp3) is 0.346. The molecule has 3 rings (SSSR count). The van der Waals surface area contributed by atoms with Gasteiger partial charge in [0.1, 0.15) is 5.75 Å². The van der Waals surface area contributed by atoms with Crippen LogP contribution in [0.5, 0.6) is 11.6 Å². The van der Waals surface area contributed by atoms with Gasteiger partial charge in [0.15, 0.2) is 0 Å². The summed E-state index contributed by atoms with van der Waals surface area (Å²) in [5.41, 5.74) is 2.89. The van der Waals surface area contributed by atoms with Crippen molar-refractivity contribution in [2.24, 2.45) is 0 Å². The van der Waals surface area contributed by atoms with Crippen molar-refractivity contribution in [3.8, 4) is 17.3 Å². The average molecular weight is 420 g/mol. The highest BCUT2D eigenvalue weighted by Crippen LogP contribution is 2.32. The molecule has 2 aromatic carbocycles. The second-order valence-electron chi connectivity index (χ2n) is 8.07. The summed E-state index contributed by atoms with van der Waals surface area (Å²) in [4.78, 5) is 2.27. The summed E-state index contributed by atoms with van der Waals surface area (Å²) < 4.78 is 8.23. The zero-order chi connectivity index (χ0) is 22.2. The Hall–Kier alpha value is -2.89. The molecule has 1 unspecified atom stereocenters. The maximum absolute atomic E-state index is 10.5. The predicted octanol–water partition coefficient (Wildman–Crippen LogP) is 5.51. The van der Waals surface area contributed by atoms with Gasteiger partial charge in [0.2, 0.25) is 5.88 Å². The number of benzene rings is 2. The van der Waals surface area contributed by atoms with E-state index in [9.17, 15) is 5.11 Å². The average Bonchev–Trinajstić information content (AvgIpc) is 3.08. The Labute approximate surface area is 185 Å². The minimum absolute atomic E-state index is 0.266. The molecule has 0 saturated carbocycles. The first-order valence-corrected chi connectivity index (χ1v) is 10.9. The number of para-hydroxylation sites is 2. The Bertz CT molecular complexity index is 952. The molecular weight excluding hydrogens is 386 g/mol. The summed E-state index contributed by atoms with van der Waals surface area (Å²) in [7, 11) is 0. The first kappa shape index (κ1) is 22.8. The van der Waals surface area contributed by atoms with Crippen molar-refractivity contribution in [3.05, 3.63) is 84.6 Å². The number of aliphatic hydroxyl groups is 1. The number of aromatic nitrogens is 2. The third kappa shape index (κ3) is 6.06. The molecule has 164 valence electrons. The molecule has 3 aromatic rings. The van der Waals surface area contributed by atoms with Crippen molar-refractivity contribution in [1.82, 2.24) is 14.7 Å². The second-order valence-corrected chi connectivity index (χ2v) is 8.07. The fourth-order valence-corrected chi connectivity index (χ4v) is 3.50. The van der Waals surface area contributed by atoms with E-state index in [-0.39, 0.29) is 6.04 Å². The molecule has 1 aromatic heterocycles. The van der Waals surface area contributed by atoms with Crippen LogP contribution < -0.4 is 4.74 Å². The van der Waals surface area contributed by atoms with E-state index in [4.69, 9.17) is 9.84 Å². The van der Waals surface area contributed by atoms with Crippen LogP contribution in [0.25, 0.3) is 5.69 Å². The molecule has 0 aliphatic carbocycles. The van der Waals surface area contributed by atoms with Crippen molar-refractivity contribution < 1.29 is 9.84 Å². The van der Waals surface area contributed by atoms with Crippen molar-refractivity contribution in [3.63, 3.8) is 0 Å². The summed E-state index contributed by atoms with van der Waals surface area (Å²) in [6, 6.07) is 20.1. The van der Waals surface area contributed by atoms with E-state index in [2.05, 4.69) is 25.3 Å². The highest BCUT2D eigenvalue weighted by molar-refractivity contribution is 5.43. The topological polar surface area (TPSA) is 50.5 Å². The van der Waals surface area contributed by atoms with Gasteiger partial charge in [-0.05, 0) is 57.9 Å². The number of nitrogens with zero attached hydrogens (tertiary/aromatic N) is 3. The van der Waals surface area contributed by atoms with E-state index in [0.717, 1.165) is 29.1 Å². The molecule has 0 aliphatic rings. The lowest BCUT2D eigenvalue weighted by atomic mass is 10.1. The van der Waals surface area contributed by atoms with Crippen molar-refractivity contribution in [2.45, 2.75) is 52.3 Å². The third-order valence-electron chi connectivity index (χ3n) is 5.34. The number of hydrogen-bond acceptors (Lipinski definition) is 4. The van der Waals surface area contributed by atoms with E-state index in [0.29, 0.717) is 25.4 Å². The Kier molecular flexibility index (Phi) is 8.04. The largest absolute Gasteiger partial charge is 0.439 e. The van der Waals surface area contributed by atoms with Crippen molar-refractivity contribution >= 4 is 0 Å². The molecule has 1 heterocycles. The molecule has 1 atom stereocenters. The van der Waals surface area contributed by atoms with Crippen LogP contribution in [-0.4, -0.2) is 38.5 Å². The molecule has 0 saturated heterocycles.